The molecule has 0 saturated carbocycles. The van der Waals surface area contributed by atoms with Gasteiger partial charge in [-0.25, -0.2) is 4.79 Å². The quantitative estimate of drug-likeness (QED) is 0.433. The first-order chi connectivity index (χ1) is 16.9. The number of fused-ring (bicyclic) bond motifs is 3. The van der Waals surface area contributed by atoms with Crippen LogP contribution in [0.5, 0.6) is 0 Å². The molecule has 35 heavy (non-hydrogen) atoms. The molecule has 1 aliphatic rings. The number of carboxylic acid groups (broad SMARTS) is 1. The van der Waals surface area contributed by atoms with Crippen molar-refractivity contribution < 1.29 is 24.2 Å². The number of rotatable bonds is 9. The molecule has 2 aromatic carbocycles. The van der Waals surface area contributed by atoms with Crippen molar-refractivity contribution in [2.45, 2.75) is 25.8 Å². The van der Waals surface area contributed by atoms with Crippen LogP contribution in [-0.4, -0.2) is 41.2 Å². The van der Waals surface area contributed by atoms with Crippen LogP contribution in [0.1, 0.15) is 46.4 Å². The number of nitrogens with zero attached hydrogens (tertiary/aromatic N) is 1. The number of hydrogen-bond donors (Lipinski definition) is 3. The number of amides is 2. The highest BCUT2D eigenvalue weighted by atomic mass is 16.5. The minimum atomic E-state index is -0.898. The number of benzene rings is 2. The topological polar surface area (TPSA) is 118 Å². The zero-order valence-electron chi connectivity index (χ0n) is 19.4. The summed E-state index contributed by atoms with van der Waals surface area (Å²) < 4.78 is 5.53. The molecule has 8 heteroatoms. The SMILES string of the molecule is CC(CCNC(=O)c1ccnc(CNC(=O)OCC2c3ccccc3-c3ccccc32)c1)C(=O)O. The Kier molecular flexibility index (Phi) is 7.40. The third-order valence-corrected chi connectivity index (χ3v) is 6.12. The summed E-state index contributed by atoms with van der Waals surface area (Å²) in [5, 5.41) is 14.3. The Morgan fingerprint density at radius 1 is 1.00 bits per heavy atom. The Bertz CT molecular complexity index is 1200. The lowest BCUT2D eigenvalue weighted by Gasteiger charge is -2.14. The molecule has 1 atom stereocenters. The molecule has 1 unspecified atom stereocenters. The van der Waals surface area contributed by atoms with E-state index in [0.717, 1.165) is 22.3 Å². The molecule has 0 spiro atoms. The molecule has 8 nitrogen and oxygen atoms in total. The average Bonchev–Trinajstić information content (AvgIpc) is 3.20. The standard InChI is InChI=1S/C27H27N3O5/c1-17(26(32)33)10-12-29-25(31)18-11-13-28-19(14-18)15-30-27(34)35-16-24-22-8-4-2-6-20(22)21-7-3-5-9-23(21)24/h2-9,11,13-14,17,24H,10,12,15-16H2,1H3,(H,29,31)(H,30,34)(H,32,33). The summed E-state index contributed by atoms with van der Waals surface area (Å²) in [4.78, 5) is 39.8. The molecule has 0 bridgehead atoms. The second-order valence-electron chi connectivity index (χ2n) is 8.50. The average molecular weight is 474 g/mol. The van der Waals surface area contributed by atoms with Gasteiger partial charge < -0.3 is 20.5 Å². The van der Waals surface area contributed by atoms with E-state index in [1.54, 1.807) is 19.1 Å². The molecule has 1 aliphatic carbocycles. The highest BCUT2D eigenvalue weighted by molar-refractivity contribution is 5.94. The van der Waals surface area contributed by atoms with E-state index in [1.165, 1.54) is 6.20 Å². The molecule has 3 aromatic rings. The Hall–Kier alpha value is -4.20. The minimum Gasteiger partial charge on any atom is -0.481 e. The normalized spacial score (nSPS) is 12.8. The molecule has 0 radical (unpaired) electrons. The van der Waals surface area contributed by atoms with Crippen LogP contribution >= 0.6 is 0 Å². The van der Waals surface area contributed by atoms with E-state index >= 15 is 0 Å². The highest BCUT2D eigenvalue weighted by Crippen LogP contribution is 2.44. The van der Waals surface area contributed by atoms with Crippen molar-refractivity contribution in [2.24, 2.45) is 5.92 Å². The first-order valence-electron chi connectivity index (χ1n) is 11.5. The number of carbonyl (C=O) groups excluding carboxylic acids is 2. The van der Waals surface area contributed by atoms with Crippen molar-refractivity contribution in [1.29, 1.82) is 0 Å². The maximum absolute atomic E-state index is 12.4. The van der Waals surface area contributed by atoms with Gasteiger partial charge in [-0.3, -0.25) is 14.6 Å². The van der Waals surface area contributed by atoms with Crippen LogP contribution in [0.2, 0.25) is 0 Å². The number of pyridine rings is 1. The highest BCUT2D eigenvalue weighted by Gasteiger charge is 2.29. The van der Waals surface area contributed by atoms with Crippen LogP contribution < -0.4 is 10.6 Å². The van der Waals surface area contributed by atoms with Crippen molar-refractivity contribution in [3.63, 3.8) is 0 Å². The van der Waals surface area contributed by atoms with E-state index in [9.17, 15) is 14.4 Å². The molecule has 0 saturated heterocycles. The predicted octanol–water partition coefficient (Wildman–Crippen LogP) is 3.96. The molecule has 0 aliphatic heterocycles. The number of nitrogens with one attached hydrogen (secondary N) is 2. The largest absolute Gasteiger partial charge is 0.481 e. The number of ether oxygens (including phenoxy) is 1. The molecule has 1 heterocycles. The zero-order valence-corrected chi connectivity index (χ0v) is 19.4. The van der Waals surface area contributed by atoms with E-state index in [-0.39, 0.29) is 31.5 Å². The second kappa shape index (κ2) is 10.8. The first kappa shape index (κ1) is 23.9. The number of aliphatic carboxylic acids is 1. The van der Waals surface area contributed by atoms with Crippen molar-refractivity contribution in [2.75, 3.05) is 13.2 Å². The van der Waals surface area contributed by atoms with E-state index in [1.807, 2.05) is 24.3 Å². The fourth-order valence-corrected chi connectivity index (χ4v) is 4.16. The van der Waals surface area contributed by atoms with Gasteiger partial charge in [0.15, 0.2) is 0 Å². The smallest absolute Gasteiger partial charge is 0.407 e. The lowest BCUT2D eigenvalue weighted by Crippen LogP contribution is -2.28. The summed E-state index contributed by atoms with van der Waals surface area (Å²) in [6.45, 7) is 2.16. The van der Waals surface area contributed by atoms with Gasteiger partial charge >= 0.3 is 12.1 Å². The van der Waals surface area contributed by atoms with Crippen LogP contribution in [0.4, 0.5) is 4.79 Å². The summed E-state index contributed by atoms with van der Waals surface area (Å²) in [7, 11) is 0. The zero-order chi connectivity index (χ0) is 24.8. The lowest BCUT2D eigenvalue weighted by atomic mass is 9.98. The van der Waals surface area contributed by atoms with Crippen LogP contribution in [0, 0.1) is 5.92 Å². The third-order valence-electron chi connectivity index (χ3n) is 6.12. The monoisotopic (exact) mass is 473 g/mol. The Balaban J connectivity index is 1.29. The molecule has 1 aromatic heterocycles. The molecular weight excluding hydrogens is 446 g/mol. The van der Waals surface area contributed by atoms with Gasteiger partial charge in [0.25, 0.3) is 5.91 Å². The van der Waals surface area contributed by atoms with Gasteiger partial charge in [0.2, 0.25) is 0 Å². The Morgan fingerprint density at radius 2 is 1.66 bits per heavy atom. The fourth-order valence-electron chi connectivity index (χ4n) is 4.16. The molecule has 4 rings (SSSR count). The first-order valence-corrected chi connectivity index (χ1v) is 11.5. The molecule has 180 valence electrons. The van der Waals surface area contributed by atoms with E-state index in [0.29, 0.717) is 17.7 Å². The van der Waals surface area contributed by atoms with E-state index in [4.69, 9.17) is 9.84 Å². The van der Waals surface area contributed by atoms with Crippen molar-refractivity contribution >= 4 is 18.0 Å². The van der Waals surface area contributed by atoms with Gasteiger partial charge in [0.1, 0.15) is 6.61 Å². The summed E-state index contributed by atoms with van der Waals surface area (Å²) in [6, 6.07) is 19.4. The van der Waals surface area contributed by atoms with Gasteiger partial charge in [0.05, 0.1) is 18.2 Å². The van der Waals surface area contributed by atoms with Crippen LogP contribution in [-0.2, 0) is 16.1 Å². The van der Waals surface area contributed by atoms with Crippen LogP contribution in [0.25, 0.3) is 11.1 Å². The van der Waals surface area contributed by atoms with Crippen molar-refractivity contribution in [3.05, 3.63) is 89.2 Å². The van der Waals surface area contributed by atoms with Crippen molar-refractivity contribution in [1.82, 2.24) is 15.6 Å². The number of carbonyl (C=O) groups is 3. The Labute approximate surface area is 203 Å². The van der Waals surface area contributed by atoms with Crippen molar-refractivity contribution in [3.8, 4) is 11.1 Å². The number of hydrogen-bond acceptors (Lipinski definition) is 5. The second-order valence-corrected chi connectivity index (χ2v) is 8.50. The summed E-state index contributed by atoms with van der Waals surface area (Å²) in [6.07, 6.45) is 1.26. The van der Waals surface area contributed by atoms with Crippen LogP contribution in [0.15, 0.2) is 66.9 Å². The third kappa shape index (κ3) is 5.66. The van der Waals surface area contributed by atoms with Gasteiger partial charge in [-0.15, -0.1) is 0 Å². The summed E-state index contributed by atoms with van der Waals surface area (Å²) in [5.74, 6) is -1.79. The van der Waals surface area contributed by atoms with E-state index < -0.39 is 18.0 Å². The summed E-state index contributed by atoms with van der Waals surface area (Å²) in [5.41, 5.74) is 5.49. The maximum atomic E-state index is 12.4. The number of carboxylic acids is 1. The maximum Gasteiger partial charge on any atom is 0.407 e. The molecule has 3 N–H and O–H groups in total. The lowest BCUT2D eigenvalue weighted by molar-refractivity contribution is -0.141. The molecule has 0 fully saturated rings. The summed E-state index contributed by atoms with van der Waals surface area (Å²) >= 11 is 0. The van der Waals surface area contributed by atoms with Gasteiger partial charge in [-0.05, 0) is 40.8 Å². The van der Waals surface area contributed by atoms with Gasteiger partial charge in [0, 0.05) is 24.2 Å². The van der Waals surface area contributed by atoms with Crippen LogP contribution in [0.3, 0.4) is 0 Å². The minimum absolute atomic E-state index is 0.0258. The Morgan fingerprint density at radius 3 is 2.31 bits per heavy atom. The van der Waals surface area contributed by atoms with Gasteiger partial charge in [-0.2, -0.15) is 0 Å². The number of alkyl carbamates (subject to hydrolysis) is 1. The van der Waals surface area contributed by atoms with Gasteiger partial charge in [-0.1, -0.05) is 55.5 Å². The fraction of sp³-hybridized carbons (Fsp3) is 0.259. The number of aromatic nitrogens is 1. The molecular formula is C27H27N3O5. The molecule has 2 amide bonds. The van der Waals surface area contributed by atoms with E-state index in [2.05, 4.69) is 39.9 Å². The predicted molar refractivity (Wildman–Crippen MR) is 130 cm³/mol.